The van der Waals surface area contributed by atoms with Crippen molar-refractivity contribution in [3.05, 3.63) is 35.9 Å². The Balaban J connectivity index is 1.87. The molecule has 1 fully saturated rings. The zero-order valence-corrected chi connectivity index (χ0v) is 9.93. The molecule has 17 heavy (non-hydrogen) atoms. The van der Waals surface area contributed by atoms with Crippen LogP contribution in [0.5, 0.6) is 0 Å². The fourth-order valence-corrected chi connectivity index (χ4v) is 2.36. The SMILES string of the molecule is NC(=O)NC1CCCN(Cc2ccccc2)C1. The van der Waals surface area contributed by atoms with Crippen molar-refractivity contribution in [2.24, 2.45) is 5.73 Å². The predicted molar refractivity (Wildman–Crippen MR) is 67.5 cm³/mol. The maximum Gasteiger partial charge on any atom is 0.312 e. The van der Waals surface area contributed by atoms with Gasteiger partial charge in [0.1, 0.15) is 0 Å². The highest BCUT2D eigenvalue weighted by molar-refractivity contribution is 5.71. The molecule has 1 aromatic carbocycles. The molecule has 2 rings (SSSR count). The van der Waals surface area contributed by atoms with Gasteiger partial charge in [-0.3, -0.25) is 4.90 Å². The lowest BCUT2D eigenvalue weighted by molar-refractivity contribution is 0.182. The number of rotatable bonds is 3. The lowest BCUT2D eigenvalue weighted by atomic mass is 10.0. The molecule has 1 heterocycles. The number of carbonyl (C=O) groups excluding carboxylic acids is 1. The number of hydrogen-bond acceptors (Lipinski definition) is 2. The number of primary amides is 1. The van der Waals surface area contributed by atoms with Crippen LogP contribution in [0.1, 0.15) is 18.4 Å². The Kier molecular flexibility index (Phi) is 3.98. The van der Waals surface area contributed by atoms with Gasteiger partial charge in [-0.05, 0) is 24.9 Å². The summed E-state index contributed by atoms with van der Waals surface area (Å²) in [6, 6.07) is 10.2. The van der Waals surface area contributed by atoms with Crippen LogP contribution in [0.3, 0.4) is 0 Å². The molecule has 0 bridgehead atoms. The Morgan fingerprint density at radius 2 is 2.18 bits per heavy atom. The number of amides is 2. The molecule has 4 nitrogen and oxygen atoms in total. The minimum Gasteiger partial charge on any atom is -0.352 e. The van der Waals surface area contributed by atoms with Gasteiger partial charge in [0, 0.05) is 19.1 Å². The molecule has 0 saturated carbocycles. The van der Waals surface area contributed by atoms with Gasteiger partial charge < -0.3 is 11.1 Å². The summed E-state index contributed by atoms with van der Waals surface area (Å²) < 4.78 is 0. The van der Waals surface area contributed by atoms with E-state index in [9.17, 15) is 4.79 Å². The summed E-state index contributed by atoms with van der Waals surface area (Å²) in [6.07, 6.45) is 2.13. The van der Waals surface area contributed by atoms with Crippen molar-refractivity contribution < 1.29 is 4.79 Å². The predicted octanol–water partition coefficient (Wildman–Crippen LogP) is 1.32. The number of piperidine rings is 1. The van der Waals surface area contributed by atoms with Crippen molar-refractivity contribution in [3.8, 4) is 0 Å². The monoisotopic (exact) mass is 233 g/mol. The van der Waals surface area contributed by atoms with Gasteiger partial charge in [0.25, 0.3) is 0 Å². The van der Waals surface area contributed by atoms with Gasteiger partial charge >= 0.3 is 6.03 Å². The third-order valence-electron chi connectivity index (χ3n) is 3.10. The summed E-state index contributed by atoms with van der Waals surface area (Å²) in [5, 5.41) is 2.79. The zero-order valence-electron chi connectivity index (χ0n) is 9.93. The molecule has 1 aliphatic rings. The van der Waals surface area contributed by atoms with Crippen molar-refractivity contribution in [3.63, 3.8) is 0 Å². The molecule has 1 unspecified atom stereocenters. The van der Waals surface area contributed by atoms with Crippen molar-refractivity contribution in [2.45, 2.75) is 25.4 Å². The van der Waals surface area contributed by atoms with Crippen LogP contribution < -0.4 is 11.1 Å². The van der Waals surface area contributed by atoms with Crippen molar-refractivity contribution in [1.29, 1.82) is 0 Å². The van der Waals surface area contributed by atoms with E-state index in [2.05, 4.69) is 34.5 Å². The number of benzene rings is 1. The van der Waals surface area contributed by atoms with Crippen LogP contribution in [0.2, 0.25) is 0 Å². The van der Waals surface area contributed by atoms with Gasteiger partial charge in [-0.2, -0.15) is 0 Å². The first-order chi connectivity index (χ1) is 8.24. The molecule has 0 aromatic heterocycles. The molecule has 0 radical (unpaired) electrons. The third-order valence-corrected chi connectivity index (χ3v) is 3.10. The molecule has 1 atom stereocenters. The highest BCUT2D eigenvalue weighted by Gasteiger charge is 2.20. The van der Waals surface area contributed by atoms with Crippen LogP contribution in [0.4, 0.5) is 4.79 Å². The molecule has 1 aliphatic heterocycles. The Morgan fingerprint density at radius 3 is 2.88 bits per heavy atom. The summed E-state index contributed by atoms with van der Waals surface area (Å²) in [5.74, 6) is 0. The van der Waals surface area contributed by atoms with Crippen LogP contribution in [-0.4, -0.2) is 30.1 Å². The van der Waals surface area contributed by atoms with Crippen LogP contribution in [-0.2, 0) is 6.54 Å². The van der Waals surface area contributed by atoms with Crippen molar-refractivity contribution >= 4 is 6.03 Å². The molecule has 2 amide bonds. The highest BCUT2D eigenvalue weighted by Crippen LogP contribution is 2.13. The average Bonchev–Trinajstić information content (AvgIpc) is 2.30. The maximum atomic E-state index is 10.8. The summed E-state index contributed by atoms with van der Waals surface area (Å²) in [6.45, 7) is 2.92. The van der Waals surface area contributed by atoms with E-state index >= 15 is 0 Å². The maximum absolute atomic E-state index is 10.8. The van der Waals surface area contributed by atoms with Crippen molar-refractivity contribution in [1.82, 2.24) is 10.2 Å². The largest absolute Gasteiger partial charge is 0.352 e. The first-order valence-corrected chi connectivity index (χ1v) is 6.06. The number of nitrogens with zero attached hydrogens (tertiary/aromatic N) is 1. The number of urea groups is 1. The first kappa shape index (κ1) is 11.9. The number of nitrogens with one attached hydrogen (secondary N) is 1. The van der Waals surface area contributed by atoms with Gasteiger partial charge in [0.05, 0.1) is 0 Å². The fraction of sp³-hybridized carbons (Fsp3) is 0.462. The lowest BCUT2D eigenvalue weighted by Gasteiger charge is -2.32. The fourth-order valence-electron chi connectivity index (χ4n) is 2.36. The van der Waals surface area contributed by atoms with Gasteiger partial charge in [-0.15, -0.1) is 0 Å². The second kappa shape index (κ2) is 5.68. The van der Waals surface area contributed by atoms with Gasteiger partial charge in [-0.25, -0.2) is 4.79 Å². The van der Waals surface area contributed by atoms with Crippen LogP contribution in [0, 0.1) is 0 Å². The Bertz CT molecular complexity index is 366. The van der Waals surface area contributed by atoms with E-state index in [0.29, 0.717) is 0 Å². The van der Waals surface area contributed by atoms with Crippen LogP contribution in [0.25, 0.3) is 0 Å². The molecule has 3 N–H and O–H groups in total. The summed E-state index contributed by atoms with van der Waals surface area (Å²) in [5.41, 5.74) is 6.46. The molecule has 92 valence electrons. The number of hydrogen-bond donors (Lipinski definition) is 2. The number of carbonyl (C=O) groups is 1. The normalized spacial score (nSPS) is 21.1. The number of likely N-dealkylation sites (tertiary alicyclic amines) is 1. The van der Waals surface area contributed by atoms with E-state index < -0.39 is 6.03 Å². The standard InChI is InChI=1S/C13H19N3O/c14-13(17)15-12-7-4-8-16(10-12)9-11-5-2-1-3-6-11/h1-3,5-6,12H,4,7-10H2,(H3,14,15,17). The summed E-state index contributed by atoms with van der Waals surface area (Å²) >= 11 is 0. The Morgan fingerprint density at radius 1 is 1.41 bits per heavy atom. The quantitative estimate of drug-likeness (QED) is 0.827. The van der Waals surface area contributed by atoms with Crippen LogP contribution in [0.15, 0.2) is 30.3 Å². The molecule has 1 saturated heterocycles. The molecular formula is C13H19N3O. The van der Waals surface area contributed by atoms with Crippen molar-refractivity contribution in [2.75, 3.05) is 13.1 Å². The number of nitrogens with two attached hydrogens (primary N) is 1. The van der Waals surface area contributed by atoms with Gasteiger partial charge in [0.15, 0.2) is 0 Å². The van der Waals surface area contributed by atoms with E-state index in [4.69, 9.17) is 5.73 Å². The summed E-state index contributed by atoms with van der Waals surface area (Å²) in [4.78, 5) is 13.2. The molecule has 0 spiro atoms. The third kappa shape index (κ3) is 3.75. The Labute approximate surface area is 102 Å². The summed E-state index contributed by atoms with van der Waals surface area (Å²) in [7, 11) is 0. The minimum atomic E-state index is -0.420. The second-order valence-electron chi connectivity index (χ2n) is 4.57. The smallest absolute Gasteiger partial charge is 0.312 e. The topological polar surface area (TPSA) is 58.4 Å². The van der Waals surface area contributed by atoms with E-state index in [1.807, 2.05) is 6.07 Å². The van der Waals surface area contributed by atoms with E-state index in [-0.39, 0.29) is 6.04 Å². The zero-order chi connectivity index (χ0) is 12.1. The van der Waals surface area contributed by atoms with Gasteiger partial charge in [0.2, 0.25) is 0 Å². The average molecular weight is 233 g/mol. The van der Waals surface area contributed by atoms with Crippen LogP contribution >= 0.6 is 0 Å². The Hall–Kier alpha value is -1.55. The van der Waals surface area contributed by atoms with Gasteiger partial charge in [-0.1, -0.05) is 30.3 Å². The minimum absolute atomic E-state index is 0.199. The van der Waals surface area contributed by atoms with E-state index in [1.54, 1.807) is 0 Å². The lowest BCUT2D eigenvalue weighted by Crippen LogP contribution is -2.48. The van der Waals surface area contributed by atoms with E-state index in [0.717, 1.165) is 32.5 Å². The van der Waals surface area contributed by atoms with E-state index in [1.165, 1.54) is 5.56 Å². The molecule has 1 aromatic rings. The first-order valence-electron chi connectivity index (χ1n) is 6.06. The molecule has 0 aliphatic carbocycles. The molecular weight excluding hydrogens is 214 g/mol. The molecule has 4 heteroatoms. The highest BCUT2D eigenvalue weighted by atomic mass is 16.2. The second-order valence-corrected chi connectivity index (χ2v) is 4.57.